The van der Waals surface area contributed by atoms with Crippen LogP contribution in [0.2, 0.25) is 0 Å². The van der Waals surface area contributed by atoms with Crippen LogP contribution in [0.4, 0.5) is 9.93 Å². The largest absolute Gasteiger partial charge is 0.470 e. The Bertz CT molecular complexity index is 743. The van der Waals surface area contributed by atoms with Gasteiger partial charge in [0.1, 0.15) is 5.75 Å². The monoisotopic (exact) mass is 330 g/mol. The van der Waals surface area contributed by atoms with Gasteiger partial charge in [0.2, 0.25) is 11.2 Å². The summed E-state index contributed by atoms with van der Waals surface area (Å²) in [4.78, 5) is 14.6. The summed E-state index contributed by atoms with van der Waals surface area (Å²) >= 11 is 1.12. The van der Waals surface area contributed by atoms with Gasteiger partial charge in [0, 0.05) is 7.05 Å². The number of benzene rings is 1. The summed E-state index contributed by atoms with van der Waals surface area (Å²) < 4.78 is 5.70. The zero-order valence-electron chi connectivity index (χ0n) is 12.3. The molecular formula is C15H14N4O3S. The zero-order valence-corrected chi connectivity index (χ0v) is 13.1. The Morgan fingerprint density at radius 2 is 2.17 bits per heavy atom. The van der Waals surface area contributed by atoms with Crippen LogP contribution in [0, 0.1) is 12.3 Å². The van der Waals surface area contributed by atoms with Crippen LogP contribution in [0.1, 0.15) is 11.1 Å². The number of hydrogen-bond donors (Lipinski definition) is 1. The summed E-state index contributed by atoms with van der Waals surface area (Å²) in [6.45, 7) is 0.215. The SMILES string of the molecule is C#CC(Oc1ccccc1)c1nnc(N2C(=O)N(C)CC2O)s1. The molecule has 0 radical (unpaired) electrons. The van der Waals surface area contributed by atoms with Crippen molar-refractivity contribution >= 4 is 22.5 Å². The first-order valence-corrected chi connectivity index (χ1v) is 7.65. The van der Waals surface area contributed by atoms with E-state index in [2.05, 4.69) is 16.1 Å². The lowest BCUT2D eigenvalue weighted by atomic mass is 10.3. The molecule has 1 saturated heterocycles. The number of rotatable bonds is 4. The van der Waals surface area contributed by atoms with Crippen LogP contribution >= 0.6 is 11.3 Å². The number of hydrogen-bond acceptors (Lipinski definition) is 6. The van der Waals surface area contributed by atoms with E-state index in [0.717, 1.165) is 11.3 Å². The van der Waals surface area contributed by atoms with Crippen LogP contribution in [0.15, 0.2) is 30.3 Å². The highest BCUT2D eigenvalue weighted by Gasteiger charge is 2.37. The predicted octanol–water partition coefficient (Wildman–Crippen LogP) is 1.48. The maximum Gasteiger partial charge on any atom is 0.328 e. The van der Waals surface area contributed by atoms with Gasteiger partial charge in [-0.05, 0) is 12.1 Å². The van der Waals surface area contributed by atoms with E-state index in [-0.39, 0.29) is 12.6 Å². The maximum absolute atomic E-state index is 12.0. The molecule has 8 heteroatoms. The minimum atomic E-state index is -0.951. The average molecular weight is 330 g/mol. The fraction of sp³-hybridized carbons (Fsp3) is 0.267. The van der Waals surface area contributed by atoms with E-state index in [1.165, 1.54) is 9.80 Å². The van der Waals surface area contributed by atoms with Gasteiger partial charge in [-0.3, -0.25) is 0 Å². The van der Waals surface area contributed by atoms with Crippen molar-refractivity contribution in [3.63, 3.8) is 0 Å². The average Bonchev–Trinajstić information content (AvgIpc) is 3.11. The normalized spacial score (nSPS) is 18.8. The highest BCUT2D eigenvalue weighted by molar-refractivity contribution is 7.15. The summed E-state index contributed by atoms with van der Waals surface area (Å²) in [5, 5.41) is 18.6. The number of amides is 2. The number of aliphatic hydroxyl groups is 1. The van der Waals surface area contributed by atoms with Crippen molar-refractivity contribution in [2.45, 2.75) is 12.3 Å². The van der Waals surface area contributed by atoms with Gasteiger partial charge in [0.15, 0.2) is 11.2 Å². The third-order valence-electron chi connectivity index (χ3n) is 3.28. The van der Waals surface area contributed by atoms with Crippen LogP contribution in [0.25, 0.3) is 0 Å². The van der Waals surface area contributed by atoms with Crippen molar-refractivity contribution in [3.05, 3.63) is 35.3 Å². The minimum absolute atomic E-state index is 0.215. The van der Waals surface area contributed by atoms with Gasteiger partial charge < -0.3 is 14.7 Å². The first-order valence-electron chi connectivity index (χ1n) is 6.84. The third kappa shape index (κ3) is 2.97. The van der Waals surface area contributed by atoms with E-state index in [9.17, 15) is 9.90 Å². The fourth-order valence-electron chi connectivity index (χ4n) is 2.15. The molecule has 1 aliphatic rings. The topological polar surface area (TPSA) is 78.8 Å². The molecular weight excluding hydrogens is 316 g/mol. The Labute approximate surface area is 137 Å². The van der Waals surface area contributed by atoms with E-state index in [1.807, 2.05) is 18.2 Å². The Morgan fingerprint density at radius 3 is 2.78 bits per heavy atom. The molecule has 0 spiro atoms. The molecule has 0 saturated carbocycles. The molecule has 1 aromatic carbocycles. The Kier molecular flexibility index (Phi) is 4.14. The number of carbonyl (C=O) groups is 1. The van der Waals surface area contributed by atoms with Crippen molar-refractivity contribution in [3.8, 4) is 18.1 Å². The molecule has 2 atom stereocenters. The van der Waals surface area contributed by atoms with Gasteiger partial charge in [0.05, 0.1) is 6.54 Å². The van der Waals surface area contributed by atoms with E-state index in [0.29, 0.717) is 15.9 Å². The van der Waals surface area contributed by atoms with Crippen LogP contribution < -0.4 is 9.64 Å². The van der Waals surface area contributed by atoms with Gasteiger partial charge in [0.25, 0.3) is 0 Å². The number of ether oxygens (including phenoxy) is 1. The molecule has 1 aromatic heterocycles. The summed E-state index contributed by atoms with van der Waals surface area (Å²) in [6.07, 6.45) is 3.85. The van der Waals surface area contributed by atoms with Crippen molar-refractivity contribution in [2.75, 3.05) is 18.5 Å². The Hall–Kier alpha value is -2.63. The van der Waals surface area contributed by atoms with Gasteiger partial charge >= 0.3 is 6.03 Å². The van der Waals surface area contributed by atoms with Crippen LogP contribution in [-0.4, -0.2) is 46.1 Å². The lowest BCUT2D eigenvalue weighted by Crippen LogP contribution is -2.34. The standard InChI is InChI=1S/C15H14N4O3S/c1-3-11(22-10-7-5-4-6-8-10)13-16-17-14(23-13)19-12(20)9-18(2)15(19)21/h1,4-8,11-12,20H,9H2,2H3. The summed E-state index contributed by atoms with van der Waals surface area (Å²) in [5.74, 6) is 3.13. The summed E-state index contributed by atoms with van der Waals surface area (Å²) in [5.41, 5.74) is 0. The molecule has 0 bridgehead atoms. The zero-order chi connectivity index (χ0) is 16.4. The number of likely N-dealkylation sites (N-methyl/N-ethyl adjacent to an activating group) is 1. The first-order chi connectivity index (χ1) is 11.1. The third-order valence-corrected chi connectivity index (χ3v) is 4.24. The molecule has 0 aliphatic carbocycles. The second-order valence-electron chi connectivity index (χ2n) is 4.91. The highest BCUT2D eigenvalue weighted by Crippen LogP contribution is 2.31. The minimum Gasteiger partial charge on any atom is -0.470 e. The molecule has 2 aromatic rings. The van der Waals surface area contributed by atoms with E-state index in [1.54, 1.807) is 19.2 Å². The molecule has 1 aliphatic heterocycles. The predicted molar refractivity (Wildman–Crippen MR) is 85.1 cm³/mol. The second-order valence-corrected chi connectivity index (χ2v) is 5.90. The van der Waals surface area contributed by atoms with E-state index >= 15 is 0 Å². The number of para-hydroxylation sites is 1. The molecule has 118 valence electrons. The maximum atomic E-state index is 12.0. The highest BCUT2D eigenvalue weighted by atomic mass is 32.1. The van der Waals surface area contributed by atoms with Crippen molar-refractivity contribution in [1.29, 1.82) is 0 Å². The lowest BCUT2D eigenvalue weighted by Gasteiger charge is -2.14. The molecule has 2 amide bonds. The van der Waals surface area contributed by atoms with E-state index < -0.39 is 12.3 Å². The number of aromatic nitrogens is 2. The Morgan fingerprint density at radius 1 is 1.43 bits per heavy atom. The van der Waals surface area contributed by atoms with Crippen molar-refractivity contribution in [1.82, 2.24) is 15.1 Å². The molecule has 23 heavy (non-hydrogen) atoms. The second kappa shape index (κ2) is 6.24. The first kappa shape index (κ1) is 15.3. The number of nitrogens with zero attached hydrogens (tertiary/aromatic N) is 4. The molecule has 7 nitrogen and oxygen atoms in total. The van der Waals surface area contributed by atoms with E-state index in [4.69, 9.17) is 11.2 Å². The van der Waals surface area contributed by atoms with Crippen molar-refractivity contribution in [2.24, 2.45) is 0 Å². The van der Waals surface area contributed by atoms with Crippen LogP contribution in [0.5, 0.6) is 5.75 Å². The van der Waals surface area contributed by atoms with Gasteiger partial charge in [-0.15, -0.1) is 16.6 Å². The fourth-order valence-corrected chi connectivity index (χ4v) is 3.02. The molecule has 1 N–H and O–H groups in total. The molecule has 1 fully saturated rings. The molecule has 2 heterocycles. The number of anilines is 1. The number of terminal acetylenes is 1. The number of carbonyl (C=O) groups excluding carboxylic acids is 1. The smallest absolute Gasteiger partial charge is 0.328 e. The van der Waals surface area contributed by atoms with Gasteiger partial charge in [-0.2, -0.15) is 0 Å². The summed E-state index contributed by atoms with van der Waals surface area (Å²) in [6, 6.07) is 8.79. The lowest BCUT2D eigenvalue weighted by molar-refractivity contribution is 0.183. The number of urea groups is 1. The Balaban J connectivity index is 1.80. The van der Waals surface area contributed by atoms with Gasteiger partial charge in [-0.25, -0.2) is 9.69 Å². The quantitative estimate of drug-likeness (QED) is 0.859. The van der Waals surface area contributed by atoms with Crippen molar-refractivity contribution < 1.29 is 14.6 Å². The van der Waals surface area contributed by atoms with Crippen LogP contribution in [-0.2, 0) is 0 Å². The summed E-state index contributed by atoms with van der Waals surface area (Å²) in [7, 11) is 1.61. The van der Waals surface area contributed by atoms with Crippen LogP contribution in [0.3, 0.4) is 0 Å². The number of β-amino-alcohol motifs (C(OH)–C–C–N with tert-alkyl or cyclic N) is 1. The molecule has 2 unspecified atom stereocenters. The van der Waals surface area contributed by atoms with Gasteiger partial charge in [-0.1, -0.05) is 35.5 Å². The molecule has 3 rings (SSSR count). The number of aliphatic hydroxyl groups excluding tert-OH is 1.